The fourth-order valence-electron chi connectivity index (χ4n) is 4.25. The minimum atomic E-state index is -0.413. The summed E-state index contributed by atoms with van der Waals surface area (Å²) in [5.41, 5.74) is 1.16. The van der Waals surface area contributed by atoms with Crippen molar-refractivity contribution in [3.8, 4) is 0 Å². The van der Waals surface area contributed by atoms with E-state index in [9.17, 15) is 14.9 Å². The molecule has 1 unspecified atom stereocenters. The second-order valence-electron chi connectivity index (χ2n) is 7.94. The minimum Gasteiger partial charge on any atom is -0.375 e. The fraction of sp³-hybridized carbons (Fsp3) is 0.409. The van der Waals surface area contributed by atoms with Crippen molar-refractivity contribution in [2.75, 3.05) is 5.32 Å². The van der Waals surface area contributed by atoms with Crippen LogP contribution < -0.4 is 10.9 Å². The van der Waals surface area contributed by atoms with Crippen LogP contribution in [-0.2, 0) is 6.54 Å². The van der Waals surface area contributed by atoms with E-state index < -0.39 is 4.92 Å². The smallest absolute Gasteiger partial charge is 0.270 e. The van der Waals surface area contributed by atoms with Gasteiger partial charge in [0, 0.05) is 48.2 Å². The highest BCUT2D eigenvalue weighted by Crippen LogP contribution is 2.30. The van der Waals surface area contributed by atoms with Crippen molar-refractivity contribution in [2.45, 2.75) is 51.6 Å². The molecule has 156 valence electrons. The molecule has 1 aliphatic rings. The molecule has 1 fully saturated rings. The maximum Gasteiger partial charge on any atom is 0.270 e. The van der Waals surface area contributed by atoms with E-state index in [1.807, 2.05) is 6.92 Å². The van der Waals surface area contributed by atoms with Gasteiger partial charge in [0.2, 0.25) is 0 Å². The Bertz CT molecular complexity index is 1110. The Balaban J connectivity index is 1.77. The lowest BCUT2D eigenvalue weighted by Gasteiger charge is -2.24. The van der Waals surface area contributed by atoms with Gasteiger partial charge in [0.1, 0.15) is 5.82 Å². The zero-order chi connectivity index (χ0) is 21.1. The summed E-state index contributed by atoms with van der Waals surface area (Å²) >= 11 is 0. The molecule has 30 heavy (non-hydrogen) atoms. The van der Waals surface area contributed by atoms with Crippen LogP contribution in [0.5, 0.6) is 0 Å². The molecule has 8 heteroatoms. The lowest BCUT2D eigenvalue weighted by Crippen LogP contribution is -2.26. The summed E-state index contributed by atoms with van der Waals surface area (Å²) in [4.78, 5) is 32.5. The minimum absolute atomic E-state index is 0.00275. The number of hydrogen-bond acceptors (Lipinski definition) is 6. The highest BCUT2D eigenvalue weighted by atomic mass is 16.6. The highest BCUT2D eigenvalue weighted by molar-refractivity contribution is 5.93. The van der Waals surface area contributed by atoms with E-state index in [4.69, 9.17) is 0 Å². The molecule has 1 atom stereocenters. The number of aromatic nitrogens is 3. The molecule has 8 nitrogen and oxygen atoms in total. The summed E-state index contributed by atoms with van der Waals surface area (Å²) < 4.78 is 1.77. The highest BCUT2D eigenvalue weighted by Gasteiger charge is 2.19. The van der Waals surface area contributed by atoms with Crippen molar-refractivity contribution >= 4 is 22.3 Å². The van der Waals surface area contributed by atoms with Crippen molar-refractivity contribution in [1.29, 1.82) is 0 Å². The number of fused-ring (bicyclic) bond motifs is 1. The van der Waals surface area contributed by atoms with Gasteiger partial charge in [0.25, 0.3) is 11.2 Å². The summed E-state index contributed by atoms with van der Waals surface area (Å²) in [7, 11) is 0. The van der Waals surface area contributed by atoms with Gasteiger partial charge in [0.05, 0.1) is 16.5 Å². The van der Waals surface area contributed by atoms with Crippen LogP contribution in [0, 0.1) is 16.0 Å². The molecule has 0 radical (unpaired) electrons. The lowest BCUT2D eigenvalue weighted by atomic mass is 9.89. The van der Waals surface area contributed by atoms with E-state index in [0.29, 0.717) is 34.9 Å². The van der Waals surface area contributed by atoms with Gasteiger partial charge < -0.3 is 9.88 Å². The Morgan fingerprint density at radius 2 is 1.93 bits per heavy atom. The van der Waals surface area contributed by atoms with Crippen LogP contribution in [0.2, 0.25) is 0 Å². The van der Waals surface area contributed by atoms with Crippen LogP contribution in [-0.4, -0.2) is 19.5 Å². The average molecular weight is 407 g/mol. The molecule has 1 saturated carbocycles. The number of benzene rings is 1. The van der Waals surface area contributed by atoms with E-state index in [1.54, 1.807) is 29.1 Å². The maximum absolute atomic E-state index is 13.0. The van der Waals surface area contributed by atoms with Gasteiger partial charge in [-0.2, -0.15) is 0 Å². The molecular weight excluding hydrogens is 382 g/mol. The van der Waals surface area contributed by atoms with Gasteiger partial charge in [-0.1, -0.05) is 19.3 Å². The Morgan fingerprint density at radius 3 is 2.63 bits per heavy atom. The molecule has 0 spiro atoms. The normalized spacial score (nSPS) is 15.8. The molecule has 0 amide bonds. The van der Waals surface area contributed by atoms with Crippen molar-refractivity contribution < 1.29 is 4.92 Å². The summed E-state index contributed by atoms with van der Waals surface area (Å²) in [5.74, 6) is 1.05. The number of rotatable bonds is 6. The van der Waals surface area contributed by atoms with Crippen LogP contribution in [0.4, 0.5) is 11.4 Å². The van der Waals surface area contributed by atoms with Crippen LogP contribution in [0.15, 0.2) is 47.5 Å². The standard InChI is InChI=1S/C22H25N5O3/c1-15(22-23-10-5-11-24-22)25-19-13-21(28)26(14-16-6-3-2-4-7-16)20-9-8-17(27(29)30)12-18(19)20/h5,8-13,15-16,25H,2-4,6-7,14H2,1H3. The Labute approximate surface area is 174 Å². The molecule has 0 bridgehead atoms. The third kappa shape index (κ3) is 4.17. The molecular formula is C22H25N5O3. The van der Waals surface area contributed by atoms with Gasteiger partial charge in [-0.3, -0.25) is 14.9 Å². The van der Waals surface area contributed by atoms with E-state index in [0.717, 1.165) is 12.8 Å². The zero-order valence-corrected chi connectivity index (χ0v) is 17.0. The van der Waals surface area contributed by atoms with Gasteiger partial charge in [0.15, 0.2) is 0 Å². The number of anilines is 1. The van der Waals surface area contributed by atoms with Gasteiger partial charge in [-0.05, 0) is 37.8 Å². The first-order valence-corrected chi connectivity index (χ1v) is 10.4. The van der Waals surface area contributed by atoms with Crippen LogP contribution in [0.1, 0.15) is 50.9 Å². The summed E-state index contributed by atoms with van der Waals surface area (Å²) in [6, 6.07) is 7.70. The number of nitro benzene ring substituents is 1. The molecule has 0 saturated heterocycles. The van der Waals surface area contributed by atoms with E-state index in [2.05, 4.69) is 15.3 Å². The Morgan fingerprint density at radius 1 is 1.20 bits per heavy atom. The maximum atomic E-state index is 13.0. The molecule has 1 N–H and O–H groups in total. The summed E-state index contributed by atoms with van der Waals surface area (Å²) in [6.07, 6.45) is 9.18. The lowest BCUT2D eigenvalue weighted by molar-refractivity contribution is -0.384. The molecule has 4 rings (SSSR count). The van der Waals surface area contributed by atoms with Gasteiger partial charge in [-0.25, -0.2) is 9.97 Å². The van der Waals surface area contributed by atoms with Crippen LogP contribution >= 0.6 is 0 Å². The molecule has 1 aliphatic carbocycles. The molecule has 2 heterocycles. The number of nitrogens with one attached hydrogen (secondary N) is 1. The molecule has 1 aromatic carbocycles. The van der Waals surface area contributed by atoms with Crippen molar-refractivity contribution in [2.24, 2.45) is 5.92 Å². The number of nitrogens with zero attached hydrogens (tertiary/aromatic N) is 4. The van der Waals surface area contributed by atoms with Crippen molar-refractivity contribution in [3.63, 3.8) is 0 Å². The van der Waals surface area contributed by atoms with Gasteiger partial charge >= 0.3 is 0 Å². The van der Waals surface area contributed by atoms with Crippen molar-refractivity contribution in [3.05, 3.63) is 69.0 Å². The second-order valence-corrected chi connectivity index (χ2v) is 7.94. The van der Waals surface area contributed by atoms with E-state index >= 15 is 0 Å². The van der Waals surface area contributed by atoms with Crippen LogP contribution in [0.25, 0.3) is 10.9 Å². The largest absolute Gasteiger partial charge is 0.375 e. The first-order chi connectivity index (χ1) is 14.5. The van der Waals surface area contributed by atoms with Crippen molar-refractivity contribution in [1.82, 2.24) is 14.5 Å². The number of pyridine rings is 1. The molecule has 3 aromatic rings. The quantitative estimate of drug-likeness (QED) is 0.478. The summed E-state index contributed by atoms with van der Waals surface area (Å²) in [5, 5.41) is 15.3. The zero-order valence-electron chi connectivity index (χ0n) is 17.0. The third-order valence-corrected chi connectivity index (χ3v) is 5.82. The number of hydrogen-bond donors (Lipinski definition) is 1. The Hall–Kier alpha value is -3.29. The molecule has 2 aromatic heterocycles. The SMILES string of the molecule is CC(Nc1cc(=O)n(CC2CCCCC2)c2ccc([N+](=O)[O-])cc12)c1ncccn1. The second kappa shape index (κ2) is 8.61. The molecule has 0 aliphatic heterocycles. The average Bonchev–Trinajstić information content (AvgIpc) is 2.77. The van der Waals surface area contributed by atoms with Crippen LogP contribution in [0.3, 0.4) is 0 Å². The van der Waals surface area contributed by atoms with Gasteiger partial charge in [-0.15, -0.1) is 0 Å². The fourth-order valence-corrected chi connectivity index (χ4v) is 4.25. The summed E-state index contributed by atoms with van der Waals surface area (Å²) in [6.45, 7) is 2.54. The predicted octanol–water partition coefficient (Wildman–Crippen LogP) is 4.45. The topological polar surface area (TPSA) is 103 Å². The first kappa shape index (κ1) is 20.0. The Kier molecular flexibility index (Phi) is 5.74. The van der Waals surface area contributed by atoms with E-state index in [1.165, 1.54) is 37.5 Å². The number of nitro groups is 1. The monoisotopic (exact) mass is 407 g/mol. The third-order valence-electron chi connectivity index (χ3n) is 5.82. The predicted molar refractivity (Wildman–Crippen MR) is 116 cm³/mol. The number of non-ortho nitro benzene ring substituents is 1. The first-order valence-electron chi connectivity index (χ1n) is 10.4. The van der Waals surface area contributed by atoms with E-state index in [-0.39, 0.29) is 17.3 Å².